The van der Waals surface area contributed by atoms with E-state index in [0.717, 1.165) is 23.0 Å². The van der Waals surface area contributed by atoms with E-state index in [0.29, 0.717) is 5.82 Å². The molecule has 2 N–H and O–H groups in total. The van der Waals surface area contributed by atoms with E-state index in [1.807, 2.05) is 24.3 Å². The summed E-state index contributed by atoms with van der Waals surface area (Å²) in [7, 11) is 0. The number of amides is 1. The van der Waals surface area contributed by atoms with Gasteiger partial charge in [0.25, 0.3) is 0 Å². The smallest absolute Gasteiger partial charge is 0.246 e. The summed E-state index contributed by atoms with van der Waals surface area (Å²) in [6.45, 7) is 1.57. The maximum absolute atomic E-state index is 13.6. The third kappa shape index (κ3) is 3.15. The van der Waals surface area contributed by atoms with Gasteiger partial charge in [-0.05, 0) is 31.2 Å². The molecule has 3 aromatic rings. The summed E-state index contributed by atoms with van der Waals surface area (Å²) < 4.78 is 27.2. The van der Waals surface area contributed by atoms with Crippen molar-refractivity contribution in [1.29, 1.82) is 0 Å². The minimum Gasteiger partial charge on any atom is -0.358 e. The first-order valence-corrected chi connectivity index (χ1v) is 7.27. The van der Waals surface area contributed by atoms with Gasteiger partial charge in [0.1, 0.15) is 35.5 Å². The average molecular weight is 328 g/mol. The number of para-hydroxylation sites is 2. The molecule has 0 aliphatic heterocycles. The Balaban J connectivity index is 1.79. The van der Waals surface area contributed by atoms with Gasteiger partial charge >= 0.3 is 0 Å². The standard InChI is InChI=1S/C17H14F2N4O/c1-10(17(24)23-15-12(18)6-4-7-13(15)19)22-16-11-5-2-3-8-14(11)20-9-21-16/h2-10H,1H3,(H,23,24)(H,20,21,22). The van der Waals surface area contributed by atoms with Crippen molar-refractivity contribution in [2.45, 2.75) is 13.0 Å². The SMILES string of the molecule is CC(Nc1ncnc2ccccc12)C(=O)Nc1c(F)cccc1F. The van der Waals surface area contributed by atoms with Crippen LogP contribution in [0.5, 0.6) is 0 Å². The molecule has 1 atom stereocenters. The zero-order chi connectivity index (χ0) is 17.1. The molecule has 0 saturated heterocycles. The van der Waals surface area contributed by atoms with Crippen LogP contribution >= 0.6 is 0 Å². The number of rotatable bonds is 4. The van der Waals surface area contributed by atoms with Gasteiger partial charge in [-0.3, -0.25) is 4.79 Å². The Bertz CT molecular complexity index is 875. The Morgan fingerprint density at radius 2 is 1.75 bits per heavy atom. The summed E-state index contributed by atoms with van der Waals surface area (Å²) in [5, 5.41) is 5.93. The van der Waals surface area contributed by atoms with Gasteiger partial charge in [0.15, 0.2) is 0 Å². The molecule has 3 rings (SSSR count). The second kappa shape index (κ2) is 6.57. The Labute approximate surface area is 136 Å². The molecule has 0 radical (unpaired) electrons. The van der Waals surface area contributed by atoms with Crippen LogP contribution in [-0.2, 0) is 4.79 Å². The summed E-state index contributed by atoms with van der Waals surface area (Å²) in [6.07, 6.45) is 1.38. The lowest BCUT2D eigenvalue weighted by Crippen LogP contribution is -2.32. The van der Waals surface area contributed by atoms with E-state index >= 15 is 0 Å². The van der Waals surface area contributed by atoms with E-state index in [-0.39, 0.29) is 0 Å². The summed E-state index contributed by atoms with van der Waals surface area (Å²) in [5.41, 5.74) is 0.256. The predicted molar refractivity (Wildman–Crippen MR) is 87.6 cm³/mol. The summed E-state index contributed by atoms with van der Waals surface area (Å²) >= 11 is 0. The highest BCUT2D eigenvalue weighted by Crippen LogP contribution is 2.21. The number of anilines is 2. The van der Waals surface area contributed by atoms with Crippen LogP contribution in [-0.4, -0.2) is 21.9 Å². The number of nitrogens with zero attached hydrogens (tertiary/aromatic N) is 2. The van der Waals surface area contributed by atoms with Crippen molar-refractivity contribution in [3.63, 3.8) is 0 Å². The van der Waals surface area contributed by atoms with Gasteiger partial charge in [0.2, 0.25) is 5.91 Å². The number of benzene rings is 2. The number of halogens is 2. The van der Waals surface area contributed by atoms with Crippen molar-refractivity contribution < 1.29 is 13.6 Å². The second-order valence-electron chi connectivity index (χ2n) is 5.19. The van der Waals surface area contributed by atoms with Crippen LogP contribution in [0.2, 0.25) is 0 Å². The maximum atomic E-state index is 13.6. The van der Waals surface area contributed by atoms with Crippen molar-refractivity contribution in [1.82, 2.24) is 9.97 Å². The average Bonchev–Trinajstić information content (AvgIpc) is 2.58. The molecule has 1 amide bonds. The van der Waals surface area contributed by atoms with Crippen molar-refractivity contribution in [3.8, 4) is 0 Å². The number of carbonyl (C=O) groups is 1. The highest BCUT2D eigenvalue weighted by Gasteiger charge is 2.18. The lowest BCUT2D eigenvalue weighted by Gasteiger charge is -2.16. The third-order valence-electron chi connectivity index (χ3n) is 3.50. The first-order valence-electron chi connectivity index (χ1n) is 7.27. The van der Waals surface area contributed by atoms with Crippen LogP contribution < -0.4 is 10.6 Å². The maximum Gasteiger partial charge on any atom is 0.246 e. The predicted octanol–water partition coefficient (Wildman–Crippen LogP) is 3.35. The van der Waals surface area contributed by atoms with Crippen LogP contribution in [0.15, 0.2) is 48.8 Å². The minimum absolute atomic E-state index is 0.469. The first kappa shape index (κ1) is 15.8. The van der Waals surface area contributed by atoms with E-state index in [2.05, 4.69) is 20.6 Å². The lowest BCUT2D eigenvalue weighted by atomic mass is 10.2. The monoisotopic (exact) mass is 328 g/mol. The molecular formula is C17H14F2N4O. The summed E-state index contributed by atoms with van der Waals surface area (Å²) in [6, 6.07) is 9.94. The molecule has 2 aromatic carbocycles. The van der Waals surface area contributed by atoms with E-state index in [1.165, 1.54) is 12.4 Å². The van der Waals surface area contributed by atoms with E-state index < -0.39 is 29.3 Å². The molecule has 1 unspecified atom stereocenters. The van der Waals surface area contributed by atoms with Gasteiger partial charge in [-0.15, -0.1) is 0 Å². The van der Waals surface area contributed by atoms with Gasteiger partial charge in [-0.1, -0.05) is 18.2 Å². The van der Waals surface area contributed by atoms with Crippen LogP contribution in [0.4, 0.5) is 20.3 Å². The molecule has 0 fully saturated rings. The molecule has 0 aliphatic carbocycles. The number of carbonyl (C=O) groups excluding carboxylic acids is 1. The van der Waals surface area contributed by atoms with Crippen LogP contribution in [0.3, 0.4) is 0 Å². The number of hydrogen-bond acceptors (Lipinski definition) is 4. The van der Waals surface area contributed by atoms with Gasteiger partial charge in [0.05, 0.1) is 5.52 Å². The quantitative estimate of drug-likeness (QED) is 0.771. The molecule has 0 spiro atoms. The fraction of sp³-hybridized carbons (Fsp3) is 0.118. The molecule has 0 aliphatic rings. The molecule has 1 aromatic heterocycles. The van der Waals surface area contributed by atoms with Crippen molar-refractivity contribution in [2.75, 3.05) is 10.6 Å². The van der Waals surface area contributed by atoms with E-state index in [9.17, 15) is 13.6 Å². The number of nitrogens with one attached hydrogen (secondary N) is 2. The number of aromatic nitrogens is 2. The van der Waals surface area contributed by atoms with E-state index in [1.54, 1.807) is 6.92 Å². The number of fused-ring (bicyclic) bond motifs is 1. The molecule has 122 valence electrons. The topological polar surface area (TPSA) is 66.9 Å². The van der Waals surface area contributed by atoms with Gasteiger partial charge < -0.3 is 10.6 Å². The molecule has 0 saturated carbocycles. The Morgan fingerprint density at radius 3 is 2.50 bits per heavy atom. The lowest BCUT2D eigenvalue weighted by molar-refractivity contribution is -0.116. The normalized spacial score (nSPS) is 12.0. The number of hydrogen-bond donors (Lipinski definition) is 2. The van der Waals surface area contributed by atoms with Gasteiger partial charge in [-0.25, -0.2) is 18.7 Å². The largest absolute Gasteiger partial charge is 0.358 e. The Kier molecular flexibility index (Phi) is 4.33. The molecule has 1 heterocycles. The zero-order valence-electron chi connectivity index (χ0n) is 12.8. The van der Waals surface area contributed by atoms with Crippen LogP contribution in [0.1, 0.15) is 6.92 Å². The highest BCUT2D eigenvalue weighted by atomic mass is 19.1. The third-order valence-corrected chi connectivity index (χ3v) is 3.50. The van der Waals surface area contributed by atoms with Crippen molar-refractivity contribution in [3.05, 3.63) is 60.4 Å². The molecule has 0 bridgehead atoms. The van der Waals surface area contributed by atoms with Gasteiger partial charge in [-0.2, -0.15) is 0 Å². The Hall–Kier alpha value is -3.09. The highest BCUT2D eigenvalue weighted by molar-refractivity contribution is 5.98. The fourth-order valence-corrected chi connectivity index (χ4v) is 2.24. The molecule has 7 heteroatoms. The first-order chi connectivity index (χ1) is 11.6. The van der Waals surface area contributed by atoms with Crippen molar-refractivity contribution >= 4 is 28.3 Å². The van der Waals surface area contributed by atoms with E-state index in [4.69, 9.17) is 0 Å². The molecular weight excluding hydrogens is 314 g/mol. The van der Waals surface area contributed by atoms with Crippen molar-refractivity contribution in [2.24, 2.45) is 0 Å². The Morgan fingerprint density at radius 1 is 1.04 bits per heavy atom. The fourth-order valence-electron chi connectivity index (χ4n) is 2.24. The minimum atomic E-state index is -0.831. The summed E-state index contributed by atoms with van der Waals surface area (Å²) in [5.74, 6) is -1.77. The van der Waals surface area contributed by atoms with Gasteiger partial charge in [0, 0.05) is 5.39 Å². The zero-order valence-corrected chi connectivity index (χ0v) is 12.8. The van der Waals surface area contributed by atoms with Crippen LogP contribution in [0, 0.1) is 11.6 Å². The molecule has 24 heavy (non-hydrogen) atoms. The second-order valence-corrected chi connectivity index (χ2v) is 5.19. The molecule has 5 nitrogen and oxygen atoms in total. The van der Waals surface area contributed by atoms with Crippen LogP contribution in [0.25, 0.3) is 10.9 Å². The summed E-state index contributed by atoms with van der Waals surface area (Å²) in [4.78, 5) is 20.5.